The van der Waals surface area contributed by atoms with Gasteiger partial charge < -0.3 is 0 Å². The maximum absolute atomic E-state index is 13.2. The number of halogens is 1. The van der Waals surface area contributed by atoms with Gasteiger partial charge in [0.25, 0.3) is 0 Å². The number of piperazine rings is 1. The Balaban J connectivity index is 1.82. The minimum Gasteiger partial charge on any atom is -0.207 e. The van der Waals surface area contributed by atoms with Crippen molar-refractivity contribution in [2.75, 3.05) is 26.2 Å². The summed E-state index contributed by atoms with van der Waals surface area (Å²) in [6.45, 7) is 6.02. The number of hydrogen-bond donors (Lipinski definition) is 0. The van der Waals surface area contributed by atoms with Crippen LogP contribution in [-0.2, 0) is 20.0 Å². The molecule has 1 aliphatic rings. The molecule has 1 fully saturated rings. The van der Waals surface area contributed by atoms with Gasteiger partial charge in [-0.25, -0.2) is 16.8 Å². The predicted octanol–water partition coefficient (Wildman–Crippen LogP) is 3.07. The zero-order valence-corrected chi connectivity index (χ0v) is 19.2. The van der Waals surface area contributed by atoms with Gasteiger partial charge in [0, 0.05) is 30.7 Å². The quantitative estimate of drug-likeness (QED) is 0.665. The summed E-state index contributed by atoms with van der Waals surface area (Å²) in [5.41, 5.74) is 2.43. The molecule has 1 saturated heterocycles. The van der Waals surface area contributed by atoms with Crippen LogP contribution in [0.5, 0.6) is 0 Å². The predicted molar refractivity (Wildman–Crippen MR) is 112 cm³/mol. The van der Waals surface area contributed by atoms with Gasteiger partial charge in [0.1, 0.15) is 0 Å². The van der Waals surface area contributed by atoms with Gasteiger partial charge in [-0.2, -0.15) is 8.61 Å². The highest BCUT2D eigenvalue weighted by Crippen LogP contribution is 2.27. The van der Waals surface area contributed by atoms with E-state index in [2.05, 4.69) is 15.9 Å². The van der Waals surface area contributed by atoms with Crippen molar-refractivity contribution in [2.24, 2.45) is 0 Å². The normalized spacial score (nSPS) is 17.0. The SMILES string of the molecule is Cc1cc(C)c(S(=O)(=O)N2CCN(S(=O)(=O)c3cccc(Br)c3)CC2)c(C)c1. The highest BCUT2D eigenvalue weighted by atomic mass is 79.9. The largest absolute Gasteiger partial charge is 0.243 e. The van der Waals surface area contributed by atoms with Gasteiger partial charge in [0.05, 0.1) is 9.79 Å². The summed E-state index contributed by atoms with van der Waals surface area (Å²) in [6, 6.07) is 10.2. The van der Waals surface area contributed by atoms with E-state index in [9.17, 15) is 16.8 Å². The lowest BCUT2D eigenvalue weighted by Gasteiger charge is -2.34. The average molecular weight is 487 g/mol. The lowest BCUT2D eigenvalue weighted by molar-refractivity contribution is 0.272. The second-order valence-electron chi connectivity index (χ2n) is 6.99. The van der Waals surface area contributed by atoms with Crippen LogP contribution in [0, 0.1) is 20.8 Å². The molecule has 1 aliphatic heterocycles. The first-order valence-corrected chi connectivity index (χ1v) is 12.5. The second-order valence-corrected chi connectivity index (χ2v) is 11.7. The number of sulfonamides is 2. The zero-order chi connectivity index (χ0) is 20.7. The van der Waals surface area contributed by atoms with E-state index in [1.54, 1.807) is 38.1 Å². The molecule has 2 aromatic carbocycles. The van der Waals surface area contributed by atoms with Crippen molar-refractivity contribution in [3.63, 3.8) is 0 Å². The fraction of sp³-hybridized carbons (Fsp3) is 0.368. The van der Waals surface area contributed by atoms with Crippen molar-refractivity contribution >= 4 is 36.0 Å². The van der Waals surface area contributed by atoms with E-state index in [0.717, 1.165) is 5.56 Å². The molecule has 0 bridgehead atoms. The number of benzene rings is 2. The Labute approximate surface area is 175 Å². The van der Waals surface area contributed by atoms with Gasteiger partial charge in [0.15, 0.2) is 0 Å². The van der Waals surface area contributed by atoms with Crippen molar-refractivity contribution in [2.45, 2.75) is 30.6 Å². The highest BCUT2D eigenvalue weighted by Gasteiger charge is 2.35. The van der Waals surface area contributed by atoms with Crippen molar-refractivity contribution in [1.82, 2.24) is 8.61 Å². The molecule has 9 heteroatoms. The van der Waals surface area contributed by atoms with Gasteiger partial charge in [-0.15, -0.1) is 0 Å². The van der Waals surface area contributed by atoms with E-state index >= 15 is 0 Å². The summed E-state index contributed by atoms with van der Waals surface area (Å²) in [7, 11) is -7.33. The third-order valence-electron chi connectivity index (χ3n) is 4.83. The summed E-state index contributed by atoms with van der Waals surface area (Å²) in [5.74, 6) is 0. The van der Waals surface area contributed by atoms with Gasteiger partial charge in [-0.1, -0.05) is 39.7 Å². The van der Waals surface area contributed by atoms with E-state index in [1.165, 1.54) is 8.61 Å². The van der Waals surface area contributed by atoms with Crippen LogP contribution in [0.3, 0.4) is 0 Å². The number of hydrogen-bond acceptors (Lipinski definition) is 4. The summed E-state index contributed by atoms with van der Waals surface area (Å²) in [4.78, 5) is 0.518. The Morgan fingerprint density at radius 3 is 1.79 bits per heavy atom. The van der Waals surface area contributed by atoms with Crippen molar-refractivity contribution in [3.8, 4) is 0 Å². The molecule has 28 heavy (non-hydrogen) atoms. The second kappa shape index (κ2) is 7.87. The van der Waals surface area contributed by atoms with E-state index in [4.69, 9.17) is 0 Å². The van der Waals surface area contributed by atoms with Crippen LogP contribution in [0.25, 0.3) is 0 Å². The van der Waals surface area contributed by atoms with Gasteiger partial charge in [0.2, 0.25) is 20.0 Å². The Kier molecular flexibility index (Phi) is 6.03. The molecule has 0 aromatic heterocycles. The Bertz CT molecular complexity index is 1080. The van der Waals surface area contributed by atoms with Gasteiger partial charge in [-0.3, -0.25) is 0 Å². The minimum absolute atomic E-state index is 0.123. The molecule has 0 spiro atoms. The van der Waals surface area contributed by atoms with Crippen LogP contribution in [0.4, 0.5) is 0 Å². The smallest absolute Gasteiger partial charge is 0.207 e. The maximum Gasteiger partial charge on any atom is 0.243 e. The standard InChI is InChI=1S/C19H23BrN2O4S2/c1-14-11-15(2)19(16(3)12-14)28(25,26)22-9-7-21(8-10-22)27(23,24)18-6-4-5-17(20)13-18/h4-6,11-13H,7-10H2,1-3H3. The third kappa shape index (κ3) is 4.04. The molecule has 2 aromatic rings. The number of aryl methyl sites for hydroxylation is 3. The fourth-order valence-electron chi connectivity index (χ4n) is 3.63. The van der Waals surface area contributed by atoms with Crippen LogP contribution in [-0.4, -0.2) is 51.6 Å². The number of rotatable bonds is 4. The topological polar surface area (TPSA) is 74.8 Å². The molecule has 0 N–H and O–H groups in total. The monoisotopic (exact) mass is 486 g/mol. The van der Waals surface area contributed by atoms with E-state index in [-0.39, 0.29) is 31.1 Å². The van der Waals surface area contributed by atoms with Gasteiger partial charge >= 0.3 is 0 Å². The Morgan fingerprint density at radius 2 is 1.29 bits per heavy atom. The zero-order valence-electron chi connectivity index (χ0n) is 16.0. The molecule has 0 saturated carbocycles. The van der Waals surface area contributed by atoms with Crippen LogP contribution in [0.15, 0.2) is 50.7 Å². The molecule has 0 aliphatic carbocycles. The first-order valence-electron chi connectivity index (χ1n) is 8.87. The molecule has 0 amide bonds. The lowest BCUT2D eigenvalue weighted by Crippen LogP contribution is -2.50. The molecule has 3 rings (SSSR count). The van der Waals surface area contributed by atoms with Crippen LogP contribution in [0.2, 0.25) is 0 Å². The Morgan fingerprint density at radius 1 is 0.786 bits per heavy atom. The molecule has 152 valence electrons. The summed E-state index contributed by atoms with van der Waals surface area (Å²) >= 11 is 3.29. The van der Waals surface area contributed by atoms with E-state index in [1.807, 2.05) is 19.1 Å². The van der Waals surface area contributed by atoms with E-state index in [0.29, 0.717) is 20.5 Å². The van der Waals surface area contributed by atoms with Crippen molar-refractivity contribution in [1.29, 1.82) is 0 Å². The highest BCUT2D eigenvalue weighted by molar-refractivity contribution is 9.10. The molecule has 0 unspecified atom stereocenters. The molecule has 0 atom stereocenters. The summed E-state index contributed by atoms with van der Waals surface area (Å²) in [5, 5.41) is 0. The molecule has 6 nitrogen and oxygen atoms in total. The summed E-state index contributed by atoms with van der Waals surface area (Å²) in [6.07, 6.45) is 0. The van der Waals surface area contributed by atoms with Crippen LogP contribution >= 0.6 is 15.9 Å². The Hall–Kier alpha value is -1.26. The first-order chi connectivity index (χ1) is 13.0. The summed E-state index contributed by atoms with van der Waals surface area (Å²) < 4.78 is 55.4. The van der Waals surface area contributed by atoms with Crippen molar-refractivity contribution in [3.05, 3.63) is 57.6 Å². The average Bonchev–Trinajstić information content (AvgIpc) is 2.60. The third-order valence-corrected chi connectivity index (χ3v) is 9.43. The van der Waals surface area contributed by atoms with Crippen LogP contribution in [0.1, 0.15) is 16.7 Å². The lowest BCUT2D eigenvalue weighted by atomic mass is 10.1. The van der Waals surface area contributed by atoms with Gasteiger partial charge in [-0.05, 0) is 50.1 Å². The number of nitrogens with zero attached hydrogens (tertiary/aromatic N) is 2. The first kappa shape index (κ1) is 21.4. The van der Waals surface area contributed by atoms with Crippen molar-refractivity contribution < 1.29 is 16.8 Å². The molecular formula is C19H23BrN2O4S2. The van der Waals surface area contributed by atoms with Crippen LogP contribution < -0.4 is 0 Å². The fourth-order valence-corrected chi connectivity index (χ4v) is 7.48. The molecule has 1 heterocycles. The minimum atomic E-state index is -3.68. The maximum atomic E-state index is 13.2. The molecular weight excluding hydrogens is 464 g/mol. The van der Waals surface area contributed by atoms with E-state index < -0.39 is 20.0 Å². The molecule has 0 radical (unpaired) electrons.